The van der Waals surface area contributed by atoms with Gasteiger partial charge in [-0.25, -0.2) is 4.79 Å². The Morgan fingerprint density at radius 1 is 0.769 bits per heavy atom. The van der Waals surface area contributed by atoms with Gasteiger partial charge in [-0.15, -0.1) is 0 Å². The summed E-state index contributed by atoms with van der Waals surface area (Å²) < 4.78 is 4.85. The molecule has 3 N–H and O–H groups in total. The third-order valence-electron chi connectivity index (χ3n) is 6.45. The highest BCUT2D eigenvalue weighted by atomic mass is 16.5. The van der Waals surface area contributed by atoms with Gasteiger partial charge in [0.2, 0.25) is 17.7 Å². The minimum atomic E-state index is -1.06. The Bertz CT molecular complexity index is 1340. The minimum absolute atomic E-state index is 0.112. The highest BCUT2D eigenvalue weighted by Gasteiger charge is 2.35. The Kier molecular flexibility index (Phi) is 8.83. The molecule has 1 heterocycles. The monoisotopic (exact) mass is 527 g/mol. The summed E-state index contributed by atoms with van der Waals surface area (Å²) in [5, 5.41) is 7.88. The average Bonchev–Trinajstić information content (AvgIpc) is 2.96. The fourth-order valence-corrected chi connectivity index (χ4v) is 4.37. The molecule has 39 heavy (non-hydrogen) atoms. The molecule has 3 atom stereocenters. The van der Waals surface area contributed by atoms with Crippen molar-refractivity contribution in [1.82, 2.24) is 16.0 Å². The number of piperazine rings is 1. The van der Waals surface area contributed by atoms with Crippen LogP contribution in [0.1, 0.15) is 33.5 Å². The molecule has 0 aliphatic carbocycles. The summed E-state index contributed by atoms with van der Waals surface area (Å²) in [7, 11) is 1.21. The van der Waals surface area contributed by atoms with Gasteiger partial charge in [-0.3, -0.25) is 19.2 Å². The van der Waals surface area contributed by atoms with Crippen molar-refractivity contribution in [3.8, 4) is 0 Å². The van der Waals surface area contributed by atoms with Gasteiger partial charge >= 0.3 is 5.97 Å². The van der Waals surface area contributed by atoms with E-state index in [4.69, 9.17) is 4.74 Å². The first kappa shape index (κ1) is 27.3. The Hall–Kier alpha value is -4.79. The maximum Gasteiger partial charge on any atom is 0.328 e. The van der Waals surface area contributed by atoms with Crippen LogP contribution in [0.4, 0.5) is 0 Å². The third kappa shape index (κ3) is 7.16. The van der Waals surface area contributed by atoms with Crippen molar-refractivity contribution in [2.45, 2.75) is 37.4 Å². The zero-order valence-electron chi connectivity index (χ0n) is 21.4. The molecule has 0 radical (unpaired) electrons. The smallest absolute Gasteiger partial charge is 0.328 e. The Labute approximate surface area is 225 Å². The largest absolute Gasteiger partial charge is 0.467 e. The molecule has 0 spiro atoms. The standard InChI is InChI=1S/C30H29N3O6/c1-39-30(38)25(17-20-12-14-22(15-13-20)27(35)21-10-6-3-7-11-21)31-26(34)18-24-29(37)32-23(28(36)33-24)16-19-8-4-2-5-9-19/h2-15,23-25H,16-18H2,1H3,(H,31,34)(H,32,37)(H,33,36)/t23-,24-,25-/m0/s1. The van der Waals surface area contributed by atoms with Gasteiger partial charge < -0.3 is 20.7 Å². The quantitative estimate of drug-likeness (QED) is 0.272. The van der Waals surface area contributed by atoms with Crippen LogP contribution >= 0.6 is 0 Å². The summed E-state index contributed by atoms with van der Waals surface area (Å²) in [6.07, 6.45) is 0.103. The van der Waals surface area contributed by atoms with E-state index in [0.717, 1.165) is 5.56 Å². The van der Waals surface area contributed by atoms with Crippen LogP contribution in [0.3, 0.4) is 0 Å². The first-order valence-electron chi connectivity index (χ1n) is 12.5. The number of carbonyl (C=O) groups is 5. The molecular weight excluding hydrogens is 498 g/mol. The molecular formula is C30H29N3O6. The number of rotatable bonds is 10. The van der Waals surface area contributed by atoms with Crippen LogP contribution in [0.5, 0.6) is 0 Å². The first-order valence-corrected chi connectivity index (χ1v) is 12.5. The van der Waals surface area contributed by atoms with Crippen LogP contribution < -0.4 is 16.0 Å². The summed E-state index contributed by atoms with van der Waals surface area (Å²) in [5.41, 5.74) is 2.65. The molecule has 4 rings (SSSR count). The van der Waals surface area contributed by atoms with Crippen LogP contribution in [0.25, 0.3) is 0 Å². The average molecular weight is 528 g/mol. The van der Waals surface area contributed by atoms with Crippen LogP contribution in [-0.2, 0) is 36.8 Å². The number of hydrogen-bond acceptors (Lipinski definition) is 6. The van der Waals surface area contributed by atoms with Crippen LogP contribution in [0.15, 0.2) is 84.9 Å². The summed E-state index contributed by atoms with van der Waals surface area (Å²) in [4.78, 5) is 63.0. The second kappa shape index (κ2) is 12.6. The van der Waals surface area contributed by atoms with E-state index in [1.807, 2.05) is 36.4 Å². The minimum Gasteiger partial charge on any atom is -0.467 e. The SMILES string of the molecule is COC(=O)[C@H](Cc1ccc(C(=O)c2ccccc2)cc1)NC(=O)C[C@@H]1NC(=O)[C@H](Cc2ccccc2)NC1=O. The Balaban J connectivity index is 1.34. The van der Waals surface area contributed by atoms with Crippen molar-refractivity contribution in [3.63, 3.8) is 0 Å². The normalized spacial score (nSPS) is 17.4. The van der Waals surface area contributed by atoms with Gasteiger partial charge in [-0.05, 0) is 11.1 Å². The number of ketones is 1. The Morgan fingerprint density at radius 3 is 1.97 bits per heavy atom. The summed E-state index contributed by atoms with van der Waals surface area (Å²) in [5.74, 6) is -2.24. The van der Waals surface area contributed by atoms with E-state index in [2.05, 4.69) is 16.0 Å². The van der Waals surface area contributed by atoms with Crippen molar-refractivity contribution in [1.29, 1.82) is 0 Å². The van der Waals surface area contributed by atoms with Gasteiger partial charge in [0.05, 0.1) is 13.5 Å². The summed E-state index contributed by atoms with van der Waals surface area (Å²) in [6, 6.07) is 22.1. The maximum atomic E-state index is 12.8. The molecule has 1 saturated heterocycles. The zero-order valence-corrected chi connectivity index (χ0v) is 21.4. The number of esters is 1. The Morgan fingerprint density at radius 2 is 1.33 bits per heavy atom. The fraction of sp³-hybridized carbons (Fsp3) is 0.233. The molecule has 3 amide bonds. The van der Waals surface area contributed by atoms with E-state index < -0.39 is 35.9 Å². The van der Waals surface area contributed by atoms with E-state index in [1.165, 1.54) is 7.11 Å². The van der Waals surface area contributed by atoms with Gasteiger partial charge in [-0.1, -0.05) is 84.9 Å². The highest BCUT2D eigenvalue weighted by molar-refractivity contribution is 6.09. The van der Waals surface area contributed by atoms with Gasteiger partial charge in [0.15, 0.2) is 5.78 Å². The molecule has 1 aliphatic rings. The molecule has 0 aromatic heterocycles. The van der Waals surface area contributed by atoms with Crippen molar-refractivity contribution >= 4 is 29.5 Å². The number of amides is 3. The topological polar surface area (TPSA) is 131 Å². The lowest BCUT2D eigenvalue weighted by atomic mass is 9.99. The number of benzene rings is 3. The highest BCUT2D eigenvalue weighted by Crippen LogP contribution is 2.14. The van der Waals surface area contributed by atoms with Gasteiger partial charge in [0.1, 0.15) is 18.1 Å². The molecule has 200 valence electrons. The second-order valence-corrected chi connectivity index (χ2v) is 9.26. The maximum absolute atomic E-state index is 12.8. The number of carbonyl (C=O) groups excluding carboxylic acids is 5. The summed E-state index contributed by atoms with van der Waals surface area (Å²) in [6.45, 7) is 0. The van der Waals surface area contributed by atoms with Gasteiger partial charge in [-0.2, -0.15) is 0 Å². The van der Waals surface area contributed by atoms with Crippen LogP contribution in [0.2, 0.25) is 0 Å². The molecule has 9 nitrogen and oxygen atoms in total. The zero-order chi connectivity index (χ0) is 27.8. The van der Waals surface area contributed by atoms with Crippen molar-refractivity contribution in [2.24, 2.45) is 0 Å². The lowest BCUT2D eigenvalue weighted by molar-refractivity contribution is -0.145. The third-order valence-corrected chi connectivity index (χ3v) is 6.45. The van der Waals surface area contributed by atoms with Crippen molar-refractivity contribution in [3.05, 3.63) is 107 Å². The predicted molar refractivity (Wildman–Crippen MR) is 143 cm³/mol. The predicted octanol–water partition coefficient (Wildman–Crippen LogP) is 1.73. The number of nitrogens with one attached hydrogen (secondary N) is 3. The van der Waals surface area contributed by atoms with Crippen LogP contribution in [-0.4, -0.2) is 54.7 Å². The molecule has 0 bridgehead atoms. The van der Waals surface area contributed by atoms with Crippen LogP contribution in [0, 0.1) is 0 Å². The number of hydrogen-bond donors (Lipinski definition) is 3. The van der Waals surface area contributed by atoms with Gasteiger partial charge in [0.25, 0.3) is 0 Å². The van der Waals surface area contributed by atoms with Gasteiger partial charge in [0, 0.05) is 24.0 Å². The molecule has 0 saturated carbocycles. The number of methoxy groups -OCH3 is 1. The fourth-order valence-electron chi connectivity index (χ4n) is 4.37. The lowest BCUT2D eigenvalue weighted by Crippen LogP contribution is -2.63. The van der Waals surface area contributed by atoms with E-state index in [9.17, 15) is 24.0 Å². The molecule has 1 fully saturated rings. The van der Waals surface area contributed by atoms with E-state index in [0.29, 0.717) is 23.1 Å². The molecule has 3 aromatic rings. The van der Waals surface area contributed by atoms with E-state index in [-0.39, 0.29) is 24.5 Å². The molecule has 9 heteroatoms. The first-order chi connectivity index (χ1) is 18.8. The van der Waals surface area contributed by atoms with Crippen molar-refractivity contribution in [2.75, 3.05) is 7.11 Å². The second-order valence-electron chi connectivity index (χ2n) is 9.26. The molecule has 0 unspecified atom stereocenters. The number of ether oxygens (including phenoxy) is 1. The summed E-state index contributed by atoms with van der Waals surface area (Å²) >= 11 is 0. The van der Waals surface area contributed by atoms with E-state index >= 15 is 0 Å². The molecule has 1 aliphatic heterocycles. The molecule has 3 aromatic carbocycles. The van der Waals surface area contributed by atoms with E-state index in [1.54, 1.807) is 48.5 Å². The lowest BCUT2D eigenvalue weighted by Gasteiger charge is -2.29. The van der Waals surface area contributed by atoms with Crippen molar-refractivity contribution < 1.29 is 28.7 Å².